The highest BCUT2D eigenvalue weighted by Gasteiger charge is 1.93. The van der Waals surface area contributed by atoms with Gasteiger partial charge in [-0.25, -0.2) is 4.79 Å². The van der Waals surface area contributed by atoms with Crippen molar-refractivity contribution in [2.45, 2.75) is 0 Å². The standard InChI is InChI=1S/C4H3FN2O2.H2O/c5-7-3(8)1-2-6-4(7)9;/h1-2H,(H,6,9);1H2. The summed E-state index contributed by atoms with van der Waals surface area (Å²) >= 11 is 0. The molecule has 0 atom stereocenters. The molecule has 10 heavy (non-hydrogen) atoms. The molecule has 0 aliphatic carbocycles. The van der Waals surface area contributed by atoms with Crippen molar-refractivity contribution < 1.29 is 9.96 Å². The van der Waals surface area contributed by atoms with Gasteiger partial charge in [0, 0.05) is 12.3 Å². The first-order valence-electron chi connectivity index (χ1n) is 2.19. The van der Waals surface area contributed by atoms with Gasteiger partial charge in [-0.3, -0.25) is 4.79 Å². The first kappa shape index (κ1) is 8.57. The van der Waals surface area contributed by atoms with Gasteiger partial charge in [-0.2, -0.15) is 0 Å². The van der Waals surface area contributed by atoms with Gasteiger partial charge in [0.15, 0.2) is 0 Å². The van der Waals surface area contributed by atoms with Crippen molar-refractivity contribution in [3.63, 3.8) is 0 Å². The maximum atomic E-state index is 12.0. The van der Waals surface area contributed by atoms with Gasteiger partial charge < -0.3 is 10.5 Å². The predicted molar refractivity (Wildman–Crippen MR) is 31.4 cm³/mol. The van der Waals surface area contributed by atoms with Crippen LogP contribution in [0.4, 0.5) is 4.48 Å². The highest BCUT2D eigenvalue weighted by Crippen LogP contribution is 1.62. The molecule has 0 radical (unpaired) electrons. The van der Waals surface area contributed by atoms with Crippen LogP contribution in [-0.4, -0.2) is 15.2 Å². The molecule has 0 amide bonds. The van der Waals surface area contributed by atoms with Gasteiger partial charge >= 0.3 is 5.69 Å². The molecule has 0 aliphatic rings. The van der Waals surface area contributed by atoms with Crippen LogP contribution < -0.4 is 11.2 Å². The second-order valence-corrected chi connectivity index (χ2v) is 1.40. The SMILES string of the molecule is O.O=c1cc[nH]c(=O)n1F. The monoisotopic (exact) mass is 148 g/mol. The number of hydrogen-bond donors (Lipinski definition) is 1. The molecule has 1 rings (SSSR count). The summed E-state index contributed by atoms with van der Waals surface area (Å²) in [5.74, 6) is 0. The summed E-state index contributed by atoms with van der Waals surface area (Å²) < 4.78 is 12.0. The van der Waals surface area contributed by atoms with E-state index in [0.717, 1.165) is 12.3 Å². The highest BCUT2D eigenvalue weighted by molar-refractivity contribution is 4.79. The molecule has 0 fully saturated rings. The van der Waals surface area contributed by atoms with Crippen molar-refractivity contribution >= 4 is 0 Å². The minimum atomic E-state index is -1.05. The lowest BCUT2D eigenvalue weighted by Gasteiger charge is -1.83. The third kappa shape index (κ3) is 1.29. The number of H-pyrrole nitrogens is 1. The lowest BCUT2D eigenvalue weighted by Crippen LogP contribution is -2.28. The summed E-state index contributed by atoms with van der Waals surface area (Å²) in [4.78, 5) is 21.9. The molecule has 1 aromatic rings. The number of rotatable bonds is 0. The topological polar surface area (TPSA) is 86.4 Å². The van der Waals surface area contributed by atoms with E-state index in [4.69, 9.17) is 0 Å². The van der Waals surface area contributed by atoms with E-state index in [1.165, 1.54) is 0 Å². The van der Waals surface area contributed by atoms with Gasteiger partial charge in [-0.05, 0) is 0 Å². The normalized spacial score (nSPS) is 8.50. The fourth-order valence-electron chi connectivity index (χ4n) is 0.406. The fourth-order valence-corrected chi connectivity index (χ4v) is 0.406. The van der Waals surface area contributed by atoms with Crippen molar-refractivity contribution in [2.75, 3.05) is 0 Å². The molecule has 56 valence electrons. The molecule has 0 unspecified atom stereocenters. The molecule has 1 aromatic heterocycles. The quantitative estimate of drug-likeness (QED) is 0.482. The molecule has 3 N–H and O–H groups in total. The Hall–Kier alpha value is -1.43. The number of nitrogens with zero attached hydrogens (tertiary/aromatic N) is 1. The largest absolute Gasteiger partial charge is 0.412 e. The predicted octanol–water partition coefficient (Wildman–Crippen LogP) is -1.56. The van der Waals surface area contributed by atoms with Gasteiger partial charge in [0.2, 0.25) is 0 Å². The molecule has 0 aromatic carbocycles. The average molecular weight is 148 g/mol. The second-order valence-electron chi connectivity index (χ2n) is 1.40. The first-order chi connectivity index (χ1) is 4.22. The van der Waals surface area contributed by atoms with Crippen LogP contribution in [0.2, 0.25) is 0 Å². The zero-order valence-electron chi connectivity index (χ0n) is 4.80. The van der Waals surface area contributed by atoms with Gasteiger partial charge in [0.05, 0.1) is 0 Å². The van der Waals surface area contributed by atoms with Crippen LogP contribution in [0.5, 0.6) is 0 Å². The van der Waals surface area contributed by atoms with E-state index in [2.05, 4.69) is 0 Å². The van der Waals surface area contributed by atoms with E-state index < -0.39 is 16.0 Å². The lowest BCUT2D eigenvalue weighted by molar-refractivity contribution is 0.330. The van der Waals surface area contributed by atoms with Crippen molar-refractivity contribution in [1.82, 2.24) is 9.77 Å². The molecule has 5 nitrogen and oxygen atoms in total. The van der Waals surface area contributed by atoms with Gasteiger partial charge in [0.25, 0.3) is 5.56 Å². The third-order valence-corrected chi connectivity index (χ3v) is 0.805. The summed E-state index contributed by atoms with van der Waals surface area (Å²) in [5, 5.41) is 0. The Labute approximate surface area is 54.0 Å². The molecular weight excluding hydrogens is 143 g/mol. The van der Waals surface area contributed by atoms with Crippen molar-refractivity contribution in [3.8, 4) is 0 Å². The van der Waals surface area contributed by atoms with Gasteiger partial charge in [-0.1, -0.05) is 9.27 Å². The first-order valence-corrected chi connectivity index (χ1v) is 2.19. The van der Waals surface area contributed by atoms with Crippen LogP contribution in [0.25, 0.3) is 0 Å². The molecule has 1 heterocycles. The summed E-state index contributed by atoms with van der Waals surface area (Å²) in [6, 6.07) is 0.918. The number of nitrogens with one attached hydrogen (secondary N) is 1. The van der Waals surface area contributed by atoms with Crippen LogP contribution in [0.3, 0.4) is 0 Å². The average Bonchev–Trinajstić information content (AvgIpc) is 1.83. The molecule has 0 aliphatic heterocycles. The minimum Gasteiger partial charge on any atom is -0.412 e. The Morgan fingerprint density at radius 2 is 2.10 bits per heavy atom. The highest BCUT2D eigenvalue weighted by atomic mass is 19.2. The van der Waals surface area contributed by atoms with Crippen LogP contribution in [0.1, 0.15) is 0 Å². The number of hydrogen-bond acceptors (Lipinski definition) is 2. The van der Waals surface area contributed by atoms with Gasteiger partial charge in [-0.15, -0.1) is 0 Å². The summed E-state index contributed by atoms with van der Waals surface area (Å²) in [7, 11) is 0. The molecule has 0 saturated carbocycles. The Balaban J connectivity index is 0.000000810. The number of aromatic nitrogens is 2. The van der Waals surface area contributed by atoms with E-state index in [-0.39, 0.29) is 5.48 Å². The van der Waals surface area contributed by atoms with Crippen LogP contribution in [0, 0.1) is 0 Å². The maximum absolute atomic E-state index is 12.0. The second kappa shape index (κ2) is 2.92. The summed E-state index contributed by atoms with van der Waals surface area (Å²) in [6.45, 7) is 0. The Morgan fingerprint density at radius 3 is 2.50 bits per heavy atom. The smallest absolute Gasteiger partial charge is 0.357 e. The maximum Gasteiger partial charge on any atom is 0.357 e. The lowest BCUT2D eigenvalue weighted by atomic mass is 10.7. The zero-order chi connectivity index (χ0) is 6.85. The van der Waals surface area contributed by atoms with E-state index in [9.17, 15) is 14.1 Å². The van der Waals surface area contributed by atoms with Crippen molar-refractivity contribution in [2.24, 2.45) is 0 Å². The van der Waals surface area contributed by atoms with Crippen LogP contribution >= 0.6 is 0 Å². The van der Waals surface area contributed by atoms with E-state index in [1.54, 1.807) is 0 Å². The Kier molecular flexibility index (Phi) is 2.51. The van der Waals surface area contributed by atoms with Crippen LogP contribution in [-0.2, 0) is 0 Å². The van der Waals surface area contributed by atoms with E-state index in [1.807, 2.05) is 4.98 Å². The van der Waals surface area contributed by atoms with Crippen LogP contribution in [0.15, 0.2) is 21.9 Å². The molecule has 0 bridgehead atoms. The number of aromatic amines is 1. The third-order valence-electron chi connectivity index (χ3n) is 0.805. The number of halogens is 1. The van der Waals surface area contributed by atoms with Crippen molar-refractivity contribution in [1.29, 1.82) is 0 Å². The van der Waals surface area contributed by atoms with Crippen molar-refractivity contribution in [3.05, 3.63) is 33.1 Å². The minimum absolute atomic E-state index is 0. The van der Waals surface area contributed by atoms with Gasteiger partial charge in [0.1, 0.15) is 0 Å². The fraction of sp³-hybridized carbons (Fsp3) is 0. The summed E-state index contributed by atoms with van der Waals surface area (Å²) in [5.41, 5.74) is -2.01. The molecule has 6 heteroatoms. The zero-order valence-corrected chi connectivity index (χ0v) is 4.80. The molecular formula is C4H5FN2O3. The van der Waals surface area contributed by atoms with E-state index >= 15 is 0 Å². The Bertz CT molecular complexity index is 287. The summed E-state index contributed by atoms with van der Waals surface area (Å²) in [6.07, 6.45) is 1.08. The van der Waals surface area contributed by atoms with E-state index in [0.29, 0.717) is 0 Å². The Morgan fingerprint density at radius 1 is 1.50 bits per heavy atom. The molecule has 0 saturated heterocycles. The molecule has 0 spiro atoms.